The summed E-state index contributed by atoms with van der Waals surface area (Å²) in [5, 5.41) is 25.0. The summed E-state index contributed by atoms with van der Waals surface area (Å²) in [6.07, 6.45) is 5.42. The predicted octanol–water partition coefficient (Wildman–Crippen LogP) is 8.30. The highest BCUT2D eigenvalue weighted by Crippen LogP contribution is 2.38. The van der Waals surface area contributed by atoms with Crippen LogP contribution in [0.5, 0.6) is 5.75 Å². The van der Waals surface area contributed by atoms with Crippen LogP contribution in [-0.4, -0.2) is 5.91 Å². The average molecular weight is 647 g/mol. The van der Waals surface area contributed by atoms with Crippen molar-refractivity contribution in [1.82, 2.24) is 0 Å². The second kappa shape index (κ2) is 11.5. The number of halogens is 2. The fourth-order valence-electron chi connectivity index (χ4n) is 4.63. The Morgan fingerprint density at radius 2 is 1.79 bits per heavy atom. The van der Waals surface area contributed by atoms with Crippen LogP contribution in [0, 0.1) is 22.7 Å². The molecule has 1 amide bonds. The van der Waals surface area contributed by atoms with Crippen LogP contribution in [0.1, 0.15) is 40.0 Å². The molecule has 0 saturated heterocycles. The van der Waals surface area contributed by atoms with Gasteiger partial charge in [0.2, 0.25) is 0 Å². The second-order valence-corrected chi connectivity index (χ2v) is 11.7. The minimum Gasteiger partial charge on any atom is -0.487 e. The summed E-state index contributed by atoms with van der Waals surface area (Å²) in [6, 6.07) is 22.1. The molecule has 0 spiro atoms. The predicted molar refractivity (Wildman–Crippen MR) is 158 cm³/mol. The number of hydrogen-bond acceptors (Lipinski definition) is 5. The highest BCUT2D eigenvalue weighted by atomic mass is 79.9. The number of nitriles is 2. The van der Waals surface area contributed by atoms with E-state index in [0.717, 1.165) is 52.5 Å². The zero-order chi connectivity index (χ0) is 26.6. The monoisotopic (exact) mass is 645 g/mol. The number of thiophene rings is 1. The van der Waals surface area contributed by atoms with Gasteiger partial charge >= 0.3 is 0 Å². The molecule has 38 heavy (non-hydrogen) atoms. The molecule has 0 fully saturated rings. The van der Waals surface area contributed by atoms with Gasteiger partial charge in [-0.05, 0) is 103 Å². The third-order valence-corrected chi connectivity index (χ3v) is 8.84. The van der Waals surface area contributed by atoms with Crippen molar-refractivity contribution in [1.29, 1.82) is 10.5 Å². The fourth-order valence-corrected chi connectivity index (χ4v) is 7.31. The molecule has 1 aliphatic carbocycles. The molecule has 0 radical (unpaired) electrons. The standard InChI is InChI=1S/C30H21Br2N3O2S/c31-25-13-18(14-26(32)28(25)37-17-20-8-5-7-19-6-1-2-9-22(19)20)12-21(15-33)29(36)35-30-24(16-34)23-10-3-4-11-27(23)38-30/h1-2,5-9,12-14H,3-4,10-11,17H2,(H,35,36)/b21-12+. The molecule has 1 N–H and O–H groups in total. The number of rotatable bonds is 6. The first-order chi connectivity index (χ1) is 18.5. The van der Waals surface area contributed by atoms with Crippen molar-refractivity contribution >= 4 is 71.0 Å². The van der Waals surface area contributed by atoms with Crippen LogP contribution < -0.4 is 10.1 Å². The number of nitrogens with zero attached hydrogens (tertiary/aromatic N) is 2. The third kappa shape index (κ3) is 5.39. The lowest BCUT2D eigenvalue weighted by atomic mass is 9.96. The first-order valence-corrected chi connectivity index (χ1v) is 14.4. The molecule has 0 atom stereocenters. The van der Waals surface area contributed by atoms with Gasteiger partial charge in [0, 0.05) is 4.88 Å². The van der Waals surface area contributed by atoms with Crippen molar-refractivity contribution in [3.63, 3.8) is 0 Å². The largest absolute Gasteiger partial charge is 0.487 e. The number of nitrogens with one attached hydrogen (secondary N) is 1. The second-order valence-electron chi connectivity index (χ2n) is 8.89. The Morgan fingerprint density at radius 3 is 2.55 bits per heavy atom. The van der Waals surface area contributed by atoms with Crippen molar-refractivity contribution in [3.8, 4) is 17.9 Å². The summed E-state index contributed by atoms with van der Waals surface area (Å²) < 4.78 is 7.53. The van der Waals surface area contributed by atoms with Gasteiger partial charge in [-0.3, -0.25) is 4.79 Å². The molecule has 188 valence electrons. The van der Waals surface area contributed by atoms with Crippen LogP contribution in [0.3, 0.4) is 0 Å². The van der Waals surface area contributed by atoms with Gasteiger partial charge in [0.25, 0.3) is 5.91 Å². The van der Waals surface area contributed by atoms with Gasteiger partial charge in [-0.1, -0.05) is 42.5 Å². The Bertz CT molecular complexity index is 1650. The van der Waals surface area contributed by atoms with E-state index in [1.807, 2.05) is 30.3 Å². The van der Waals surface area contributed by atoms with Crippen LogP contribution in [0.2, 0.25) is 0 Å². The Morgan fingerprint density at radius 1 is 1.05 bits per heavy atom. The average Bonchev–Trinajstić information content (AvgIpc) is 3.28. The summed E-state index contributed by atoms with van der Waals surface area (Å²) in [5.74, 6) is 0.0898. The van der Waals surface area contributed by atoms with E-state index in [-0.39, 0.29) is 5.57 Å². The summed E-state index contributed by atoms with van der Waals surface area (Å²) in [4.78, 5) is 14.1. The van der Waals surface area contributed by atoms with Crippen molar-refractivity contribution < 1.29 is 9.53 Å². The summed E-state index contributed by atoms with van der Waals surface area (Å²) in [7, 11) is 0. The molecule has 0 saturated carbocycles. The number of amides is 1. The molecule has 0 aliphatic heterocycles. The molecule has 5 rings (SSSR count). The van der Waals surface area contributed by atoms with Crippen molar-refractivity contribution in [2.45, 2.75) is 32.3 Å². The summed E-state index contributed by atoms with van der Waals surface area (Å²) in [5.41, 5.74) is 3.23. The highest BCUT2D eigenvalue weighted by Gasteiger charge is 2.23. The summed E-state index contributed by atoms with van der Waals surface area (Å²) >= 11 is 8.58. The summed E-state index contributed by atoms with van der Waals surface area (Å²) in [6.45, 7) is 0.381. The van der Waals surface area contributed by atoms with E-state index in [2.05, 4.69) is 61.4 Å². The normalized spacial score (nSPS) is 12.9. The maximum Gasteiger partial charge on any atom is 0.266 e. The van der Waals surface area contributed by atoms with Gasteiger partial charge in [0.1, 0.15) is 35.1 Å². The zero-order valence-corrected chi connectivity index (χ0v) is 24.2. The van der Waals surface area contributed by atoms with Crippen LogP contribution in [0.15, 0.2) is 69.1 Å². The number of carbonyl (C=O) groups excluding carboxylic acids is 1. The van der Waals surface area contributed by atoms with Crippen LogP contribution in [0.25, 0.3) is 16.8 Å². The lowest BCUT2D eigenvalue weighted by Crippen LogP contribution is -2.13. The maximum absolute atomic E-state index is 13.0. The van der Waals surface area contributed by atoms with E-state index in [4.69, 9.17) is 4.74 Å². The SMILES string of the molecule is N#C/C(=C\c1cc(Br)c(OCc2cccc3ccccc23)c(Br)c1)C(=O)Nc1sc2c(c1C#N)CCCC2. The lowest BCUT2D eigenvalue weighted by molar-refractivity contribution is -0.112. The van der Waals surface area contributed by atoms with E-state index >= 15 is 0 Å². The quantitative estimate of drug-likeness (QED) is 0.169. The number of benzene rings is 3. The van der Waals surface area contributed by atoms with Gasteiger partial charge in [0.15, 0.2) is 0 Å². The fraction of sp³-hybridized carbons (Fsp3) is 0.167. The van der Waals surface area contributed by atoms with E-state index < -0.39 is 5.91 Å². The number of hydrogen-bond donors (Lipinski definition) is 1. The van der Waals surface area contributed by atoms with E-state index in [1.54, 1.807) is 12.1 Å². The molecule has 4 aromatic rings. The molecular weight excluding hydrogens is 626 g/mol. The topological polar surface area (TPSA) is 85.9 Å². The van der Waals surface area contributed by atoms with Gasteiger partial charge < -0.3 is 10.1 Å². The van der Waals surface area contributed by atoms with E-state index in [1.165, 1.54) is 17.4 Å². The first-order valence-electron chi connectivity index (χ1n) is 12.0. The van der Waals surface area contributed by atoms with Crippen LogP contribution in [0.4, 0.5) is 5.00 Å². The highest BCUT2D eigenvalue weighted by molar-refractivity contribution is 9.11. The van der Waals surface area contributed by atoms with Crippen molar-refractivity contribution in [3.05, 3.63) is 96.2 Å². The number of aryl methyl sites for hydroxylation is 1. The van der Waals surface area contributed by atoms with Gasteiger partial charge in [0.05, 0.1) is 14.5 Å². The Labute approximate surface area is 241 Å². The molecular formula is C30H21Br2N3O2S. The number of anilines is 1. The molecule has 1 aromatic heterocycles. The van der Waals surface area contributed by atoms with Gasteiger partial charge in [-0.15, -0.1) is 11.3 Å². The third-order valence-electron chi connectivity index (χ3n) is 6.46. The molecule has 1 heterocycles. The molecule has 0 unspecified atom stereocenters. The smallest absolute Gasteiger partial charge is 0.266 e. The number of ether oxygens (including phenoxy) is 1. The van der Waals surface area contributed by atoms with Gasteiger partial charge in [-0.2, -0.15) is 10.5 Å². The van der Waals surface area contributed by atoms with E-state index in [9.17, 15) is 15.3 Å². The molecule has 0 bridgehead atoms. The Balaban J connectivity index is 1.35. The minimum atomic E-state index is -0.536. The minimum absolute atomic E-state index is 0.0523. The molecule has 5 nitrogen and oxygen atoms in total. The van der Waals surface area contributed by atoms with Gasteiger partial charge in [-0.25, -0.2) is 0 Å². The Hall–Kier alpha value is -3.43. The molecule has 1 aliphatic rings. The maximum atomic E-state index is 13.0. The number of carbonyl (C=O) groups is 1. The first kappa shape index (κ1) is 26.2. The van der Waals surface area contributed by atoms with Crippen molar-refractivity contribution in [2.75, 3.05) is 5.32 Å². The van der Waals surface area contributed by atoms with E-state index in [0.29, 0.717) is 37.4 Å². The van der Waals surface area contributed by atoms with Crippen LogP contribution >= 0.6 is 43.2 Å². The zero-order valence-electron chi connectivity index (χ0n) is 20.2. The lowest BCUT2D eigenvalue weighted by Gasteiger charge is -2.13. The molecule has 8 heteroatoms. The number of fused-ring (bicyclic) bond motifs is 2. The Kier molecular flexibility index (Phi) is 7.95. The molecule has 3 aromatic carbocycles. The van der Waals surface area contributed by atoms with Crippen molar-refractivity contribution in [2.24, 2.45) is 0 Å². The van der Waals surface area contributed by atoms with Crippen LogP contribution in [-0.2, 0) is 24.2 Å².